The largest absolute Gasteiger partial charge is 0.490 e. The van der Waals surface area contributed by atoms with E-state index < -0.39 is 38.3 Å². The molecular weight excluding hydrogens is 540 g/mol. The highest BCUT2D eigenvalue weighted by atomic mass is 32.2. The third kappa shape index (κ3) is 8.03. The average molecular weight is 567 g/mol. The highest BCUT2D eigenvalue weighted by Gasteiger charge is 2.51. The smallest absolute Gasteiger partial charge is 0.475 e. The number of sulfonamides is 1. The van der Waals surface area contributed by atoms with Crippen LogP contribution < -0.4 is 10.0 Å². The molecule has 0 aliphatic heterocycles. The predicted molar refractivity (Wildman–Crippen MR) is 136 cm³/mol. The summed E-state index contributed by atoms with van der Waals surface area (Å²) in [7, 11) is -4.04. The van der Waals surface area contributed by atoms with Crippen LogP contribution in [-0.2, 0) is 31.4 Å². The number of aryl methyl sites for hydroxylation is 1. The molecule has 0 bridgehead atoms. The number of carbonyl (C=O) groups is 2. The van der Waals surface area contributed by atoms with Crippen molar-refractivity contribution in [3.8, 4) is 0 Å². The van der Waals surface area contributed by atoms with Gasteiger partial charge >= 0.3 is 12.1 Å². The van der Waals surface area contributed by atoms with E-state index in [1.54, 1.807) is 24.3 Å². The summed E-state index contributed by atoms with van der Waals surface area (Å²) in [6.45, 7) is 0.607. The molecule has 3 aromatic rings. The maximum atomic E-state index is 13.9. The molecule has 39 heavy (non-hydrogen) atoms. The van der Waals surface area contributed by atoms with Gasteiger partial charge in [0.2, 0.25) is 5.91 Å². The molecule has 0 atom stereocenters. The van der Waals surface area contributed by atoms with Crippen LogP contribution >= 0.6 is 0 Å². The van der Waals surface area contributed by atoms with Gasteiger partial charge in [-0.3, -0.25) is 9.52 Å². The summed E-state index contributed by atoms with van der Waals surface area (Å²) in [5.74, 6) is -3.56. The number of aliphatic carboxylic acids is 1. The molecule has 1 amide bonds. The molecule has 0 aromatic heterocycles. The van der Waals surface area contributed by atoms with E-state index >= 15 is 0 Å². The first kappa shape index (κ1) is 29.6. The minimum Gasteiger partial charge on any atom is -0.475 e. The second-order valence-electron chi connectivity index (χ2n) is 8.84. The first-order valence-corrected chi connectivity index (χ1v) is 13.3. The molecule has 0 radical (unpaired) electrons. The van der Waals surface area contributed by atoms with Crippen molar-refractivity contribution in [3.63, 3.8) is 0 Å². The summed E-state index contributed by atoms with van der Waals surface area (Å²) >= 11 is 0. The number of anilines is 1. The van der Waals surface area contributed by atoms with E-state index in [0.29, 0.717) is 12.2 Å². The Labute approximate surface area is 222 Å². The van der Waals surface area contributed by atoms with Crippen molar-refractivity contribution in [1.82, 2.24) is 5.32 Å². The van der Waals surface area contributed by atoms with Gasteiger partial charge in [-0.15, -0.1) is 0 Å². The molecule has 3 aromatic carbocycles. The highest BCUT2D eigenvalue weighted by molar-refractivity contribution is 7.92. The van der Waals surface area contributed by atoms with Crippen LogP contribution in [0.25, 0.3) is 0 Å². The highest BCUT2D eigenvalue weighted by Crippen LogP contribution is 2.48. The van der Waals surface area contributed by atoms with E-state index in [1.807, 2.05) is 18.2 Å². The second kappa shape index (κ2) is 12.3. The van der Waals surface area contributed by atoms with E-state index in [9.17, 15) is 30.8 Å². The summed E-state index contributed by atoms with van der Waals surface area (Å²) in [6, 6.07) is 22.1. The normalized spacial score (nSPS) is 13.9. The molecule has 3 N–H and O–H groups in total. The lowest BCUT2D eigenvalue weighted by molar-refractivity contribution is -0.192. The fraction of sp³-hybridized carbons (Fsp3) is 0.259. The van der Waals surface area contributed by atoms with Gasteiger partial charge in [0.25, 0.3) is 10.0 Å². The number of amides is 1. The van der Waals surface area contributed by atoms with Crippen molar-refractivity contribution >= 4 is 27.6 Å². The minimum atomic E-state index is -5.08. The van der Waals surface area contributed by atoms with Gasteiger partial charge in [-0.1, -0.05) is 54.6 Å². The Kier molecular flexibility index (Phi) is 9.33. The van der Waals surface area contributed by atoms with Crippen molar-refractivity contribution in [2.24, 2.45) is 0 Å². The molecule has 1 saturated carbocycles. The standard InChI is InChI=1S/C25H25FN2O3S.C2HF3O2/c26-22-10-4-5-11-23(22)32(30,31)28-21-14-12-20(13-15-21)25(16-17-25)24(29)27-18-6-9-19-7-2-1-3-8-19;3-2(4,5)1(6)7/h1-5,7-8,10-15,28H,6,9,16-18H2,(H,27,29);(H,6,7). The number of halogens is 4. The Morgan fingerprint density at radius 1 is 0.897 bits per heavy atom. The number of hydrogen-bond donors (Lipinski definition) is 3. The van der Waals surface area contributed by atoms with Crippen LogP contribution in [0, 0.1) is 5.82 Å². The monoisotopic (exact) mass is 566 g/mol. The maximum absolute atomic E-state index is 13.9. The summed E-state index contributed by atoms with van der Waals surface area (Å²) < 4.78 is 72.9. The van der Waals surface area contributed by atoms with Crippen LogP contribution in [0.5, 0.6) is 0 Å². The van der Waals surface area contributed by atoms with Crippen molar-refractivity contribution in [2.75, 3.05) is 11.3 Å². The van der Waals surface area contributed by atoms with E-state index in [1.165, 1.54) is 23.8 Å². The zero-order chi connectivity index (χ0) is 28.7. The lowest BCUT2D eigenvalue weighted by atomic mass is 9.94. The molecule has 12 heteroatoms. The molecular formula is C27H26F4N2O5S. The third-order valence-corrected chi connectivity index (χ3v) is 7.43. The van der Waals surface area contributed by atoms with Crippen LogP contribution in [0.4, 0.5) is 23.2 Å². The van der Waals surface area contributed by atoms with E-state index in [-0.39, 0.29) is 5.91 Å². The zero-order valence-corrected chi connectivity index (χ0v) is 21.4. The number of nitrogens with one attached hydrogen (secondary N) is 2. The zero-order valence-electron chi connectivity index (χ0n) is 20.5. The van der Waals surface area contributed by atoms with Gasteiger partial charge in [-0.2, -0.15) is 13.2 Å². The Morgan fingerprint density at radius 2 is 1.46 bits per heavy atom. The van der Waals surface area contributed by atoms with Crippen LogP contribution in [-0.4, -0.2) is 38.1 Å². The summed E-state index contributed by atoms with van der Waals surface area (Å²) in [5.41, 5.74) is 1.87. The second-order valence-corrected chi connectivity index (χ2v) is 10.5. The minimum absolute atomic E-state index is 0.00486. The number of hydrogen-bond acceptors (Lipinski definition) is 4. The Bertz CT molecular complexity index is 1390. The number of benzene rings is 3. The van der Waals surface area contributed by atoms with E-state index in [2.05, 4.69) is 22.2 Å². The third-order valence-electron chi connectivity index (χ3n) is 6.01. The predicted octanol–water partition coefficient (Wildman–Crippen LogP) is 5.04. The summed E-state index contributed by atoms with van der Waals surface area (Å²) in [5, 5.41) is 10.2. The van der Waals surface area contributed by atoms with Crippen molar-refractivity contribution in [1.29, 1.82) is 0 Å². The first-order chi connectivity index (χ1) is 18.3. The Balaban J connectivity index is 0.000000532. The van der Waals surface area contributed by atoms with E-state index in [0.717, 1.165) is 37.3 Å². The van der Waals surface area contributed by atoms with Crippen LogP contribution in [0.2, 0.25) is 0 Å². The summed E-state index contributed by atoms with van der Waals surface area (Å²) in [6.07, 6.45) is -1.79. The molecule has 7 nitrogen and oxygen atoms in total. The van der Waals surface area contributed by atoms with Gasteiger partial charge in [0.15, 0.2) is 0 Å². The molecule has 0 heterocycles. The van der Waals surface area contributed by atoms with Crippen LogP contribution in [0.15, 0.2) is 83.8 Å². The Morgan fingerprint density at radius 3 is 2.00 bits per heavy atom. The summed E-state index contributed by atoms with van der Waals surface area (Å²) in [4.78, 5) is 21.3. The topological polar surface area (TPSA) is 113 Å². The first-order valence-electron chi connectivity index (χ1n) is 11.9. The van der Waals surface area contributed by atoms with Gasteiger partial charge in [-0.05, 0) is 61.1 Å². The number of carboxylic acid groups (broad SMARTS) is 1. The van der Waals surface area contributed by atoms with Crippen molar-refractivity contribution in [2.45, 2.75) is 42.2 Å². The fourth-order valence-electron chi connectivity index (χ4n) is 3.81. The molecule has 1 fully saturated rings. The van der Waals surface area contributed by atoms with Gasteiger partial charge in [0.05, 0.1) is 5.41 Å². The van der Waals surface area contributed by atoms with Gasteiger partial charge in [-0.25, -0.2) is 17.6 Å². The van der Waals surface area contributed by atoms with Crippen molar-refractivity contribution in [3.05, 3.63) is 95.8 Å². The average Bonchev–Trinajstić information content (AvgIpc) is 3.69. The number of carbonyl (C=O) groups excluding carboxylic acids is 1. The fourth-order valence-corrected chi connectivity index (χ4v) is 4.95. The molecule has 208 valence electrons. The van der Waals surface area contributed by atoms with Gasteiger partial charge in [0.1, 0.15) is 10.7 Å². The Hall–Kier alpha value is -3.93. The van der Waals surface area contributed by atoms with Crippen LogP contribution in [0.1, 0.15) is 30.4 Å². The van der Waals surface area contributed by atoms with Crippen molar-refractivity contribution < 1.29 is 40.7 Å². The SMILES string of the molecule is O=C(NCCCc1ccccc1)C1(c2ccc(NS(=O)(=O)c3ccccc3F)cc2)CC1.O=C(O)C(F)(F)F. The quantitative estimate of drug-likeness (QED) is 0.248. The van der Waals surface area contributed by atoms with Crippen LogP contribution in [0.3, 0.4) is 0 Å². The molecule has 1 aliphatic carbocycles. The number of rotatable bonds is 9. The lowest BCUT2D eigenvalue weighted by Gasteiger charge is -2.17. The van der Waals surface area contributed by atoms with E-state index in [4.69, 9.17) is 9.90 Å². The lowest BCUT2D eigenvalue weighted by Crippen LogP contribution is -2.35. The molecule has 1 aliphatic rings. The molecule has 0 spiro atoms. The molecule has 0 saturated heterocycles. The number of carboxylic acids is 1. The van der Waals surface area contributed by atoms with Gasteiger partial charge in [0, 0.05) is 12.2 Å². The molecule has 4 rings (SSSR count). The maximum Gasteiger partial charge on any atom is 0.490 e. The van der Waals surface area contributed by atoms with Gasteiger partial charge < -0.3 is 10.4 Å². The number of alkyl halides is 3. The molecule has 0 unspecified atom stereocenters.